The highest BCUT2D eigenvalue weighted by Gasteiger charge is 2.35. The normalized spacial score (nSPS) is 17.6. The van der Waals surface area contributed by atoms with Crippen molar-refractivity contribution < 1.29 is 4.74 Å². The summed E-state index contributed by atoms with van der Waals surface area (Å²) in [5.74, 6) is 2.41. The van der Waals surface area contributed by atoms with Crippen LogP contribution >= 0.6 is 0 Å². The molecule has 3 aromatic rings. The number of anilines is 3. The molecule has 35 heavy (non-hydrogen) atoms. The van der Waals surface area contributed by atoms with Gasteiger partial charge in [0.25, 0.3) is 5.56 Å². The molecule has 186 valence electrons. The minimum Gasteiger partial charge on any atom is -0.374 e. The van der Waals surface area contributed by atoms with Crippen molar-refractivity contribution in [3.63, 3.8) is 0 Å². The van der Waals surface area contributed by atoms with Gasteiger partial charge >= 0.3 is 0 Å². The SMILES string of the molecule is CCO[C@H]1CN(c2ccccn2)CC1Nc1c(C)nc(-c2cnc(N(C)C)cc2C)n(CC)c1=O. The van der Waals surface area contributed by atoms with Gasteiger partial charge in [-0.2, -0.15) is 0 Å². The van der Waals surface area contributed by atoms with Gasteiger partial charge in [0.2, 0.25) is 0 Å². The number of nitrogens with one attached hydrogen (secondary N) is 1. The van der Waals surface area contributed by atoms with Crippen LogP contribution in [0.3, 0.4) is 0 Å². The van der Waals surface area contributed by atoms with E-state index >= 15 is 0 Å². The van der Waals surface area contributed by atoms with Crippen molar-refractivity contribution in [2.75, 3.05) is 48.9 Å². The smallest absolute Gasteiger partial charge is 0.277 e. The zero-order valence-corrected chi connectivity index (χ0v) is 21.4. The van der Waals surface area contributed by atoms with E-state index in [0.717, 1.165) is 22.8 Å². The molecule has 9 nitrogen and oxygen atoms in total. The van der Waals surface area contributed by atoms with Crippen molar-refractivity contribution in [2.24, 2.45) is 0 Å². The third-order valence-corrected chi connectivity index (χ3v) is 6.41. The number of aryl methyl sites for hydroxylation is 2. The van der Waals surface area contributed by atoms with E-state index in [9.17, 15) is 4.79 Å². The maximum absolute atomic E-state index is 13.7. The van der Waals surface area contributed by atoms with Crippen LogP contribution in [0.5, 0.6) is 0 Å². The molecular formula is C26H35N7O2. The van der Waals surface area contributed by atoms with Gasteiger partial charge in [0.05, 0.1) is 17.8 Å². The van der Waals surface area contributed by atoms with Crippen molar-refractivity contribution in [3.05, 3.63) is 58.3 Å². The minimum absolute atomic E-state index is 0.0657. The van der Waals surface area contributed by atoms with Crippen molar-refractivity contribution in [1.82, 2.24) is 19.5 Å². The molecule has 2 atom stereocenters. The summed E-state index contributed by atoms with van der Waals surface area (Å²) in [6.07, 6.45) is 3.53. The second-order valence-corrected chi connectivity index (χ2v) is 9.03. The Bertz CT molecular complexity index is 1230. The summed E-state index contributed by atoms with van der Waals surface area (Å²) < 4.78 is 7.76. The minimum atomic E-state index is -0.0855. The van der Waals surface area contributed by atoms with Crippen LogP contribution in [0.25, 0.3) is 11.4 Å². The Hall–Kier alpha value is -3.46. The number of aromatic nitrogens is 4. The quantitative estimate of drug-likeness (QED) is 0.530. The van der Waals surface area contributed by atoms with E-state index in [1.165, 1.54) is 0 Å². The summed E-state index contributed by atoms with van der Waals surface area (Å²) in [7, 11) is 3.92. The number of hydrogen-bond donors (Lipinski definition) is 1. The predicted octanol–water partition coefficient (Wildman–Crippen LogP) is 3.11. The Morgan fingerprint density at radius 1 is 1.17 bits per heavy atom. The van der Waals surface area contributed by atoms with Crippen LogP contribution in [0.15, 0.2) is 41.5 Å². The fraction of sp³-hybridized carbons (Fsp3) is 0.462. The first-order chi connectivity index (χ1) is 16.8. The molecular weight excluding hydrogens is 442 g/mol. The second-order valence-electron chi connectivity index (χ2n) is 9.03. The van der Waals surface area contributed by atoms with Gasteiger partial charge in [-0.15, -0.1) is 0 Å². The number of hydrogen-bond acceptors (Lipinski definition) is 8. The topological polar surface area (TPSA) is 88.4 Å². The van der Waals surface area contributed by atoms with E-state index < -0.39 is 0 Å². The zero-order chi connectivity index (χ0) is 25.1. The Balaban J connectivity index is 1.68. The molecule has 9 heteroatoms. The van der Waals surface area contributed by atoms with Crippen molar-refractivity contribution in [3.8, 4) is 11.4 Å². The fourth-order valence-electron chi connectivity index (χ4n) is 4.55. The van der Waals surface area contributed by atoms with Gasteiger partial charge in [-0.25, -0.2) is 15.0 Å². The average Bonchev–Trinajstić information content (AvgIpc) is 3.24. The number of pyridine rings is 2. The van der Waals surface area contributed by atoms with Gasteiger partial charge in [0.15, 0.2) is 0 Å². The molecule has 4 heterocycles. The lowest BCUT2D eigenvalue weighted by Gasteiger charge is -2.23. The van der Waals surface area contributed by atoms with Crippen LogP contribution in [0.2, 0.25) is 0 Å². The van der Waals surface area contributed by atoms with Crippen LogP contribution in [-0.4, -0.2) is 65.5 Å². The van der Waals surface area contributed by atoms with Crippen LogP contribution in [0.1, 0.15) is 25.1 Å². The van der Waals surface area contributed by atoms with Crippen molar-refractivity contribution in [2.45, 2.75) is 46.4 Å². The van der Waals surface area contributed by atoms with Crippen LogP contribution < -0.4 is 20.7 Å². The van der Waals surface area contributed by atoms with E-state index in [-0.39, 0.29) is 17.7 Å². The lowest BCUT2D eigenvalue weighted by atomic mass is 10.1. The summed E-state index contributed by atoms with van der Waals surface area (Å²) in [5.41, 5.74) is 2.98. The first-order valence-electron chi connectivity index (χ1n) is 12.1. The van der Waals surface area contributed by atoms with Gasteiger partial charge in [0, 0.05) is 58.3 Å². The first-order valence-corrected chi connectivity index (χ1v) is 12.1. The fourth-order valence-corrected chi connectivity index (χ4v) is 4.55. The van der Waals surface area contributed by atoms with E-state index in [2.05, 4.69) is 20.2 Å². The predicted molar refractivity (Wildman–Crippen MR) is 140 cm³/mol. The molecule has 1 N–H and O–H groups in total. The van der Waals surface area contributed by atoms with Crippen LogP contribution in [0, 0.1) is 13.8 Å². The Morgan fingerprint density at radius 2 is 1.97 bits per heavy atom. The molecule has 4 rings (SSSR count). The van der Waals surface area contributed by atoms with Crippen molar-refractivity contribution >= 4 is 17.3 Å². The Kier molecular flexibility index (Phi) is 7.35. The second kappa shape index (κ2) is 10.4. The first kappa shape index (κ1) is 24.7. The molecule has 1 unspecified atom stereocenters. The molecule has 3 aromatic heterocycles. The van der Waals surface area contributed by atoms with E-state index in [1.807, 2.05) is 71.0 Å². The van der Waals surface area contributed by atoms with Crippen molar-refractivity contribution in [1.29, 1.82) is 0 Å². The van der Waals surface area contributed by atoms with Gasteiger partial charge in [0.1, 0.15) is 23.1 Å². The van der Waals surface area contributed by atoms with Gasteiger partial charge in [-0.3, -0.25) is 9.36 Å². The number of ether oxygens (including phenoxy) is 1. The summed E-state index contributed by atoms with van der Waals surface area (Å²) in [6.45, 7) is 10.4. The molecule has 0 spiro atoms. The average molecular weight is 478 g/mol. The molecule has 0 bridgehead atoms. The number of nitrogens with zero attached hydrogens (tertiary/aromatic N) is 6. The maximum atomic E-state index is 13.7. The third-order valence-electron chi connectivity index (χ3n) is 6.41. The summed E-state index contributed by atoms with van der Waals surface area (Å²) in [6, 6.07) is 7.83. The highest BCUT2D eigenvalue weighted by Crippen LogP contribution is 2.26. The molecule has 1 fully saturated rings. The molecule has 0 aliphatic carbocycles. The molecule has 0 saturated carbocycles. The number of rotatable bonds is 8. The lowest BCUT2D eigenvalue weighted by molar-refractivity contribution is 0.0720. The molecule has 0 amide bonds. The molecule has 1 saturated heterocycles. The largest absolute Gasteiger partial charge is 0.374 e. The third kappa shape index (κ3) is 5.00. The van der Waals surface area contributed by atoms with E-state index in [4.69, 9.17) is 9.72 Å². The van der Waals surface area contributed by atoms with Gasteiger partial charge in [-0.05, 0) is 51.5 Å². The highest BCUT2D eigenvalue weighted by atomic mass is 16.5. The standard InChI is InChI=1S/C26H35N7O2/c1-7-33-25(19-14-28-23(31(5)6)13-17(19)3)29-18(4)24(26(33)34)30-20-15-32(16-21(20)35-8-2)22-11-9-10-12-27-22/h9-14,20-21,30H,7-8,15-16H2,1-6H3/t20?,21-/m0/s1. The van der Waals surface area contributed by atoms with Crippen LogP contribution in [-0.2, 0) is 11.3 Å². The van der Waals surface area contributed by atoms with E-state index in [1.54, 1.807) is 17.0 Å². The summed E-state index contributed by atoms with van der Waals surface area (Å²) in [4.78, 5) is 31.7. The van der Waals surface area contributed by atoms with Gasteiger partial charge < -0.3 is 19.9 Å². The summed E-state index contributed by atoms with van der Waals surface area (Å²) in [5, 5.41) is 3.49. The Morgan fingerprint density at radius 3 is 2.60 bits per heavy atom. The molecule has 1 aliphatic rings. The monoisotopic (exact) mass is 477 g/mol. The Labute approximate surface area is 206 Å². The lowest BCUT2D eigenvalue weighted by Crippen LogP contribution is -2.38. The molecule has 0 aromatic carbocycles. The van der Waals surface area contributed by atoms with E-state index in [0.29, 0.717) is 43.4 Å². The van der Waals surface area contributed by atoms with Crippen LogP contribution in [0.4, 0.5) is 17.3 Å². The highest BCUT2D eigenvalue weighted by molar-refractivity contribution is 5.64. The molecule has 1 aliphatic heterocycles. The van der Waals surface area contributed by atoms with Gasteiger partial charge in [-0.1, -0.05) is 6.07 Å². The molecule has 0 radical (unpaired) electrons. The zero-order valence-electron chi connectivity index (χ0n) is 21.4. The maximum Gasteiger partial charge on any atom is 0.277 e. The summed E-state index contributed by atoms with van der Waals surface area (Å²) >= 11 is 0.